The van der Waals surface area contributed by atoms with Crippen molar-refractivity contribution in [3.63, 3.8) is 0 Å². The maximum Gasteiger partial charge on any atom is 0.226 e. The summed E-state index contributed by atoms with van der Waals surface area (Å²) in [5.41, 5.74) is 4.21. The average Bonchev–Trinajstić information content (AvgIpc) is 3.10. The summed E-state index contributed by atoms with van der Waals surface area (Å²) in [6.07, 6.45) is 3.14. The van der Waals surface area contributed by atoms with Crippen LogP contribution in [0.5, 0.6) is 5.75 Å². The Hall–Kier alpha value is -3.08. The molecule has 0 saturated heterocycles. The molecule has 2 heterocycles. The van der Waals surface area contributed by atoms with Gasteiger partial charge in [-0.25, -0.2) is 4.68 Å². The Balaban J connectivity index is 1.86. The van der Waals surface area contributed by atoms with Gasteiger partial charge in [-0.2, -0.15) is 5.10 Å². The Kier molecular flexibility index (Phi) is 4.21. The molecule has 0 bridgehead atoms. The van der Waals surface area contributed by atoms with Crippen LogP contribution in [0, 0.1) is 0 Å². The fourth-order valence-corrected chi connectivity index (χ4v) is 3.65. The Bertz CT molecular complexity index is 961. The molecule has 3 aromatic rings. The van der Waals surface area contributed by atoms with Crippen LogP contribution in [0.1, 0.15) is 36.0 Å². The molecular weight excluding hydrogens is 326 g/mol. The van der Waals surface area contributed by atoms with Gasteiger partial charge in [0, 0.05) is 23.5 Å². The smallest absolute Gasteiger partial charge is 0.226 e. The van der Waals surface area contributed by atoms with Gasteiger partial charge in [0.25, 0.3) is 0 Å². The Labute approximate surface area is 152 Å². The van der Waals surface area contributed by atoms with E-state index in [1.165, 1.54) is 5.56 Å². The van der Waals surface area contributed by atoms with Gasteiger partial charge in [0.15, 0.2) is 0 Å². The lowest BCUT2D eigenvalue weighted by atomic mass is 9.87. The molecule has 1 atom stereocenters. The molecule has 4 rings (SSSR count). The standard InChI is InChI=1S/C21H21N3O2/c1-3-14-8-4-6-10-18(14)24-21-17(13-22-24)16(12-20(25)23-21)15-9-5-7-11-19(15)26-2/h4-11,13,16H,3,12H2,1-2H3,(H,23,25). The van der Waals surface area contributed by atoms with Gasteiger partial charge < -0.3 is 10.1 Å². The van der Waals surface area contributed by atoms with Crippen LogP contribution in [-0.4, -0.2) is 22.8 Å². The number of fused-ring (bicyclic) bond motifs is 1. The van der Waals surface area contributed by atoms with Crippen molar-refractivity contribution in [1.29, 1.82) is 0 Å². The van der Waals surface area contributed by atoms with Crippen molar-refractivity contribution in [2.24, 2.45) is 0 Å². The number of methoxy groups -OCH3 is 1. The highest BCUT2D eigenvalue weighted by Gasteiger charge is 2.32. The topological polar surface area (TPSA) is 56.2 Å². The number of benzene rings is 2. The normalized spacial score (nSPS) is 16.1. The molecule has 1 aliphatic rings. The van der Waals surface area contributed by atoms with E-state index in [1.807, 2.05) is 53.3 Å². The summed E-state index contributed by atoms with van der Waals surface area (Å²) in [5, 5.41) is 7.62. The van der Waals surface area contributed by atoms with Crippen LogP contribution in [0.2, 0.25) is 0 Å². The van der Waals surface area contributed by atoms with Crippen molar-refractivity contribution >= 4 is 11.7 Å². The van der Waals surface area contributed by atoms with Gasteiger partial charge in [-0.3, -0.25) is 4.79 Å². The van der Waals surface area contributed by atoms with Crippen molar-refractivity contribution in [3.05, 3.63) is 71.4 Å². The van der Waals surface area contributed by atoms with E-state index in [0.717, 1.165) is 34.8 Å². The summed E-state index contributed by atoms with van der Waals surface area (Å²) in [5.74, 6) is 1.46. The third kappa shape index (κ3) is 2.65. The predicted octanol–water partition coefficient (Wildman–Crippen LogP) is 3.92. The van der Waals surface area contributed by atoms with Gasteiger partial charge in [0.05, 0.1) is 19.0 Å². The Morgan fingerprint density at radius 2 is 1.92 bits per heavy atom. The van der Waals surface area contributed by atoms with E-state index in [9.17, 15) is 4.79 Å². The summed E-state index contributed by atoms with van der Waals surface area (Å²) in [4.78, 5) is 12.5. The molecular formula is C21H21N3O2. The first kappa shape index (κ1) is 16.4. The third-order valence-corrected chi connectivity index (χ3v) is 4.94. The van der Waals surface area contributed by atoms with E-state index in [4.69, 9.17) is 4.74 Å². The van der Waals surface area contributed by atoms with Crippen molar-refractivity contribution in [2.45, 2.75) is 25.7 Å². The zero-order valence-corrected chi connectivity index (χ0v) is 14.9. The quantitative estimate of drug-likeness (QED) is 0.778. The number of nitrogens with zero attached hydrogens (tertiary/aromatic N) is 2. The second kappa shape index (κ2) is 6.67. The molecule has 1 unspecified atom stereocenters. The number of anilines is 1. The number of nitrogens with one attached hydrogen (secondary N) is 1. The molecule has 5 nitrogen and oxygen atoms in total. The van der Waals surface area contributed by atoms with E-state index >= 15 is 0 Å². The zero-order chi connectivity index (χ0) is 18.1. The van der Waals surface area contributed by atoms with Crippen LogP contribution in [0.15, 0.2) is 54.7 Å². The molecule has 0 fully saturated rings. The number of carbonyl (C=O) groups excluding carboxylic acids is 1. The second-order valence-electron chi connectivity index (χ2n) is 6.39. The lowest BCUT2D eigenvalue weighted by Crippen LogP contribution is -2.25. The minimum Gasteiger partial charge on any atom is -0.496 e. The van der Waals surface area contributed by atoms with Crippen LogP contribution in [0.3, 0.4) is 0 Å². The van der Waals surface area contributed by atoms with Crippen molar-refractivity contribution < 1.29 is 9.53 Å². The SMILES string of the molecule is CCc1ccccc1-n1ncc2c1NC(=O)CC2c1ccccc1OC. The first-order valence-corrected chi connectivity index (χ1v) is 8.82. The molecule has 26 heavy (non-hydrogen) atoms. The fraction of sp³-hybridized carbons (Fsp3) is 0.238. The van der Waals surface area contributed by atoms with Gasteiger partial charge in [0.2, 0.25) is 5.91 Å². The maximum absolute atomic E-state index is 12.5. The van der Waals surface area contributed by atoms with Gasteiger partial charge in [-0.15, -0.1) is 0 Å². The number of aromatic nitrogens is 2. The minimum absolute atomic E-state index is 0.0101. The van der Waals surface area contributed by atoms with Crippen molar-refractivity contribution in [2.75, 3.05) is 12.4 Å². The van der Waals surface area contributed by atoms with E-state index in [2.05, 4.69) is 23.4 Å². The summed E-state index contributed by atoms with van der Waals surface area (Å²) < 4.78 is 7.36. The average molecular weight is 347 g/mol. The molecule has 1 amide bonds. The highest BCUT2D eigenvalue weighted by atomic mass is 16.5. The summed E-state index contributed by atoms with van der Waals surface area (Å²) >= 11 is 0. The van der Waals surface area contributed by atoms with Gasteiger partial charge in [0.1, 0.15) is 11.6 Å². The molecule has 5 heteroatoms. The predicted molar refractivity (Wildman–Crippen MR) is 101 cm³/mol. The molecule has 0 aliphatic carbocycles. The van der Waals surface area contributed by atoms with Crippen molar-refractivity contribution in [1.82, 2.24) is 9.78 Å². The largest absolute Gasteiger partial charge is 0.496 e. The number of aryl methyl sites for hydroxylation is 1. The lowest BCUT2D eigenvalue weighted by molar-refractivity contribution is -0.116. The molecule has 1 aliphatic heterocycles. The van der Waals surface area contributed by atoms with E-state index < -0.39 is 0 Å². The molecule has 1 N–H and O–H groups in total. The number of ether oxygens (including phenoxy) is 1. The lowest BCUT2D eigenvalue weighted by Gasteiger charge is -2.25. The van der Waals surface area contributed by atoms with Crippen LogP contribution in [0.25, 0.3) is 5.69 Å². The number of rotatable bonds is 4. The van der Waals surface area contributed by atoms with Gasteiger partial charge in [-0.05, 0) is 24.1 Å². The number of para-hydroxylation sites is 2. The first-order chi connectivity index (χ1) is 12.7. The van der Waals surface area contributed by atoms with Gasteiger partial charge in [-0.1, -0.05) is 43.3 Å². The second-order valence-corrected chi connectivity index (χ2v) is 6.39. The van der Waals surface area contributed by atoms with E-state index in [1.54, 1.807) is 7.11 Å². The Morgan fingerprint density at radius 1 is 1.15 bits per heavy atom. The van der Waals surface area contributed by atoms with Crippen LogP contribution in [-0.2, 0) is 11.2 Å². The molecule has 0 spiro atoms. The minimum atomic E-state index is -0.0718. The molecule has 2 aromatic carbocycles. The zero-order valence-electron chi connectivity index (χ0n) is 14.9. The highest BCUT2D eigenvalue weighted by molar-refractivity contribution is 5.94. The van der Waals surface area contributed by atoms with Crippen LogP contribution < -0.4 is 10.1 Å². The number of amides is 1. The molecule has 0 radical (unpaired) electrons. The van der Waals surface area contributed by atoms with E-state index in [-0.39, 0.29) is 11.8 Å². The Morgan fingerprint density at radius 3 is 2.73 bits per heavy atom. The maximum atomic E-state index is 12.5. The fourth-order valence-electron chi connectivity index (χ4n) is 3.65. The number of carbonyl (C=O) groups is 1. The molecule has 1 aromatic heterocycles. The van der Waals surface area contributed by atoms with Crippen LogP contribution >= 0.6 is 0 Å². The monoisotopic (exact) mass is 347 g/mol. The number of hydrogen-bond acceptors (Lipinski definition) is 3. The van der Waals surface area contributed by atoms with Crippen LogP contribution in [0.4, 0.5) is 5.82 Å². The first-order valence-electron chi connectivity index (χ1n) is 8.82. The molecule has 0 saturated carbocycles. The highest BCUT2D eigenvalue weighted by Crippen LogP contribution is 2.41. The molecule has 132 valence electrons. The number of hydrogen-bond donors (Lipinski definition) is 1. The van der Waals surface area contributed by atoms with Crippen molar-refractivity contribution in [3.8, 4) is 11.4 Å². The summed E-state index contributed by atoms with van der Waals surface area (Å²) in [6, 6.07) is 16.0. The summed E-state index contributed by atoms with van der Waals surface area (Å²) in [7, 11) is 1.66. The van der Waals surface area contributed by atoms with Gasteiger partial charge >= 0.3 is 0 Å². The third-order valence-electron chi connectivity index (χ3n) is 4.94. The van der Waals surface area contributed by atoms with E-state index in [0.29, 0.717) is 6.42 Å². The summed E-state index contributed by atoms with van der Waals surface area (Å²) in [6.45, 7) is 2.12.